The predicted molar refractivity (Wildman–Crippen MR) is 156 cm³/mol. The molecule has 9 N–H and O–H groups in total. The Kier molecular flexibility index (Phi) is 11.4. The molecule has 4 rings (SSSR count). The molecule has 0 amide bonds. The maximum absolute atomic E-state index is 11.0. The molecule has 3 aromatic carbocycles. The third-order valence-electron chi connectivity index (χ3n) is 6.91. The van der Waals surface area contributed by atoms with Gasteiger partial charge in [0.1, 0.15) is 17.2 Å². The summed E-state index contributed by atoms with van der Waals surface area (Å²) in [5.41, 5.74) is 4.63. The van der Waals surface area contributed by atoms with Crippen LogP contribution in [0.4, 0.5) is 0 Å². The van der Waals surface area contributed by atoms with E-state index in [0.29, 0.717) is 43.1 Å². The number of benzene rings is 3. The Morgan fingerprint density at radius 3 is 1.00 bits per heavy atom. The van der Waals surface area contributed by atoms with Crippen molar-refractivity contribution >= 4 is 0 Å². The first kappa shape index (κ1) is 28.8. The van der Waals surface area contributed by atoms with Crippen LogP contribution in [0.3, 0.4) is 0 Å². The highest BCUT2D eigenvalue weighted by Gasteiger charge is 2.14. The van der Waals surface area contributed by atoms with Crippen LogP contribution < -0.4 is 31.9 Å². The number of hydrogen-bond acceptors (Lipinski definition) is 9. The van der Waals surface area contributed by atoms with Crippen molar-refractivity contribution in [2.24, 2.45) is 0 Å². The molecule has 9 nitrogen and oxygen atoms in total. The largest absolute Gasteiger partial charge is 0.507 e. The quantitative estimate of drug-likeness (QED) is 0.211. The van der Waals surface area contributed by atoms with E-state index in [9.17, 15) is 15.3 Å². The Bertz CT molecular complexity index is 1100. The lowest BCUT2D eigenvalue weighted by Gasteiger charge is -2.15. The average molecular weight is 535 g/mol. The summed E-state index contributed by atoms with van der Waals surface area (Å²) in [5, 5.41) is 52.9. The van der Waals surface area contributed by atoms with Crippen LogP contribution in [-0.4, -0.2) is 67.7 Å². The van der Waals surface area contributed by atoms with Crippen molar-refractivity contribution in [1.82, 2.24) is 31.9 Å². The van der Waals surface area contributed by atoms with Crippen LogP contribution in [0.25, 0.3) is 11.1 Å². The molecule has 39 heavy (non-hydrogen) atoms. The minimum absolute atomic E-state index is 0.185. The first-order valence-corrected chi connectivity index (χ1v) is 13.8. The van der Waals surface area contributed by atoms with E-state index in [2.05, 4.69) is 31.9 Å². The van der Waals surface area contributed by atoms with E-state index < -0.39 is 0 Å². The van der Waals surface area contributed by atoms with E-state index in [0.717, 1.165) is 74.6 Å². The first-order chi connectivity index (χ1) is 19.1. The zero-order valence-corrected chi connectivity index (χ0v) is 22.5. The highest BCUT2D eigenvalue weighted by atomic mass is 16.3. The van der Waals surface area contributed by atoms with Gasteiger partial charge in [-0.1, -0.05) is 54.6 Å². The zero-order chi connectivity index (χ0) is 27.3. The summed E-state index contributed by atoms with van der Waals surface area (Å²) >= 11 is 0. The smallest absolute Gasteiger partial charge is 0.128 e. The molecule has 1 aliphatic heterocycles. The maximum atomic E-state index is 11.0. The minimum Gasteiger partial charge on any atom is -0.507 e. The van der Waals surface area contributed by atoms with Crippen LogP contribution in [0.2, 0.25) is 0 Å². The highest BCUT2D eigenvalue weighted by Crippen LogP contribution is 2.38. The second-order valence-electron chi connectivity index (χ2n) is 9.76. The Morgan fingerprint density at radius 1 is 0.359 bits per heavy atom. The van der Waals surface area contributed by atoms with Crippen LogP contribution >= 0.6 is 0 Å². The Morgan fingerprint density at radius 2 is 0.641 bits per heavy atom. The molecular weight excluding hydrogens is 492 g/mol. The number of fused-ring (bicyclic) bond motifs is 7. The molecule has 9 heteroatoms. The molecule has 210 valence electrons. The second-order valence-corrected chi connectivity index (χ2v) is 9.76. The molecule has 0 unspecified atom stereocenters. The minimum atomic E-state index is 0.185. The van der Waals surface area contributed by atoms with Gasteiger partial charge in [0.05, 0.1) is 0 Å². The van der Waals surface area contributed by atoms with Gasteiger partial charge in [-0.2, -0.15) is 0 Å². The van der Waals surface area contributed by atoms with E-state index in [1.165, 1.54) is 0 Å². The number of rotatable bonds is 0. The van der Waals surface area contributed by atoms with Crippen molar-refractivity contribution in [2.45, 2.75) is 26.2 Å². The number of aromatic hydroxyl groups is 3. The molecule has 0 saturated heterocycles. The van der Waals surface area contributed by atoms with Crippen molar-refractivity contribution in [2.75, 3.05) is 52.4 Å². The van der Waals surface area contributed by atoms with Crippen LogP contribution in [-0.2, 0) is 26.2 Å². The molecule has 6 bridgehead atoms. The van der Waals surface area contributed by atoms with Gasteiger partial charge in [0.15, 0.2) is 0 Å². The molecule has 3 aromatic rings. The van der Waals surface area contributed by atoms with Gasteiger partial charge >= 0.3 is 0 Å². The lowest BCUT2D eigenvalue weighted by atomic mass is 9.98. The normalized spacial score (nSPS) is 17.2. The van der Waals surface area contributed by atoms with E-state index in [-0.39, 0.29) is 11.5 Å². The summed E-state index contributed by atoms with van der Waals surface area (Å²) in [6.45, 7) is 8.55. The fourth-order valence-electron chi connectivity index (χ4n) is 4.68. The number of phenols is 3. The molecule has 0 aromatic heterocycles. The predicted octanol–water partition coefficient (Wildman–Crippen LogP) is 1.72. The average Bonchev–Trinajstić information content (AvgIpc) is 2.94. The highest BCUT2D eigenvalue weighted by molar-refractivity contribution is 5.77. The molecule has 1 heterocycles. The standard InChI is InChI=1S/C30H42N6O3/c37-28-22-4-1-5-23(28)19-34-15-11-32-13-17-36-21-25-7-3-9-27(30(25)39)26-8-2-6-24(29(26)38)20-35-16-12-31-10-14-33-18-22/h1-9,31-39H,10-21H2. The number of para-hydroxylation sites is 3. The van der Waals surface area contributed by atoms with E-state index in [1.807, 2.05) is 54.6 Å². The van der Waals surface area contributed by atoms with Crippen molar-refractivity contribution in [3.8, 4) is 28.4 Å². The third-order valence-corrected chi connectivity index (χ3v) is 6.91. The Hall–Kier alpha value is -3.18. The maximum Gasteiger partial charge on any atom is 0.128 e. The van der Waals surface area contributed by atoms with E-state index in [1.54, 1.807) is 0 Å². The SMILES string of the molecule is Oc1c2cccc1CNCCNCCNCc1cccc(c1O)-c1cccc(c1O)CNCCNCCNC2. The summed E-state index contributed by atoms with van der Waals surface area (Å²) in [6.07, 6.45) is 0. The lowest BCUT2D eigenvalue weighted by molar-refractivity contribution is 0.453. The van der Waals surface area contributed by atoms with Crippen LogP contribution in [0.15, 0.2) is 54.6 Å². The zero-order valence-electron chi connectivity index (χ0n) is 22.5. The lowest BCUT2D eigenvalue weighted by Crippen LogP contribution is -2.32. The molecule has 0 aliphatic carbocycles. The summed E-state index contributed by atoms with van der Waals surface area (Å²) < 4.78 is 0. The Labute approximate surface area is 231 Å². The molecule has 1 aliphatic rings. The van der Waals surface area contributed by atoms with Crippen molar-refractivity contribution in [3.05, 3.63) is 76.9 Å². The second kappa shape index (κ2) is 15.4. The van der Waals surface area contributed by atoms with E-state index >= 15 is 0 Å². The van der Waals surface area contributed by atoms with Gasteiger partial charge in [0.25, 0.3) is 0 Å². The first-order valence-electron chi connectivity index (χ1n) is 13.8. The van der Waals surface area contributed by atoms with Crippen LogP contribution in [0.5, 0.6) is 17.2 Å². The van der Waals surface area contributed by atoms with Crippen LogP contribution in [0.1, 0.15) is 22.3 Å². The molecule has 0 fully saturated rings. The molecule has 0 atom stereocenters. The number of nitrogens with one attached hydrogen (secondary N) is 6. The van der Waals surface area contributed by atoms with Crippen molar-refractivity contribution < 1.29 is 15.3 Å². The number of phenolic OH excluding ortho intramolecular Hbond substituents is 3. The molecule has 0 saturated carbocycles. The molecule has 0 spiro atoms. The number of hydrogen-bond donors (Lipinski definition) is 9. The summed E-state index contributed by atoms with van der Waals surface area (Å²) in [7, 11) is 0. The summed E-state index contributed by atoms with van der Waals surface area (Å²) in [4.78, 5) is 0. The van der Waals surface area contributed by atoms with Gasteiger partial charge in [-0.15, -0.1) is 0 Å². The van der Waals surface area contributed by atoms with Gasteiger partial charge < -0.3 is 47.2 Å². The third kappa shape index (κ3) is 8.40. The van der Waals surface area contributed by atoms with Gasteiger partial charge in [0, 0.05) is 112 Å². The van der Waals surface area contributed by atoms with Gasteiger partial charge in [-0.05, 0) is 0 Å². The topological polar surface area (TPSA) is 133 Å². The van der Waals surface area contributed by atoms with Gasteiger partial charge in [-0.25, -0.2) is 0 Å². The fourth-order valence-corrected chi connectivity index (χ4v) is 4.68. The van der Waals surface area contributed by atoms with E-state index in [4.69, 9.17) is 0 Å². The fraction of sp³-hybridized carbons (Fsp3) is 0.400. The van der Waals surface area contributed by atoms with Gasteiger partial charge in [-0.3, -0.25) is 0 Å². The van der Waals surface area contributed by atoms with Crippen molar-refractivity contribution in [3.63, 3.8) is 0 Å². The van der Waals surface area contributed by atoms with Crippen molar-refractivity contribution in [1.29, 1.82) is 0 Å². The van der Waals surface area contributed by atoms with Crippen LogP contribution in [0, 0.1) is 0 Å². The Balaban J connectivity index is 1.39. The van der Waals surface area contributed by atoms with Gasteiger partial charge in [0.2, 0.25) is 0 Å². The summed E-state index contributed by atoms with van der Waals surface area (Å²) in [5.74, 6) is 0.721. The summed E-state index contributed by atoms with van der Waals surface area (Å²) in [6, 6.07) is 17.2. The molecular formula is C30H42N6O3. The monoisotopic (exact) mass is 534 g/mol. The molecule has 0 radical (unpaired) electrons.